The Morgan fingerprint density at radius 3 is 2.42 bits per heavy atom. The van der Waals surface area contributed by atoms with Crippen LogP contribution in [0.4, 0.5) is 0 Å². The van der Waals surface area contributed by atoms with E-state index in [1.54, 1.807) is 14.0 Å². The molecule has 2 unspecified atom stereocenters. The molecular weight excluding hydrogens is 160 g/mol. The van der Waals surface area contributed by atoms with Gasteiger partial charge < -0.3 is 14.6 Å². The van der Waals surface area contributed by atoms with Gasteiger partial charge in [0.2, 0.25) is 0 Å². The molecule has 72 valence electrons. The molecule has 0 amide bonds. The Labute approximate surface area is 72.5 Å². The Bertz CT molecular complexity index is 135. The number of carboxylic acid groups (broad SMARTS) is 1. The lowest BCUT2D eigenvalue weighted by Crippen LogP contribution is -2.20. The van der Waals surface area contributed by atoms with E-state index in [0.29, 0.717) is 6.61 Å². The van der Waals surface area contributed by atoms with Gasteiger partial charge in [-0.15, -0.1) is 0 Å². The minimum absolute atomic E-state index is 0.0194. The van der Waals surface area contributed by atoms with E-state index in [1.807, 2.05) is 6.92 Å². The second-order valence-electron chi connectivity index (χ2n) is 2.82. The zero-order valence-corrected chi connectivity index (χ0v) is 7.74. The molecule has 0 radical (unpaired) electrons. The average molecular weight is 176 g/mol. The van der Waals surface area contributed by atoms with Crippen molar-refractivity contribution in [2.45, 2.75) is 20.0 Å². The lowest BCUT2D eigenvalue weighted by molar-refractivity contribution is -0.143. The van der Waals surface area contributed by atoms with Crippen LogP contribution in [0.5, 0.6) is 0 Å². The number of carboxylic acids is 1. The van der Waals surface area contributed by atoms with Crippen LogP contribution < -0.4 is 0 Å². The van der Waals surface area contributed by atoms with Gasteiger partial charge in [0.05, 0.1) is 25.2 Å². The standard InChI is InChI=1S/C8H16O4/c1-6(8(9)10)4-12-5-7(2)11-3/h6-7H,4-5H2,1-3H3,(H,9,10). The van der Waals surface area contributed by atoms with Crippen LogP contribution in [0.2, 0.25) is 0 Å². The molecule has 0 aliphatic rings. The summed E-state index contributed by atoms with van der Waals surface area (Å²) in [6.07, 6.45) is 0.0194. The van der Waals surface area contributed by atoms with Crippen LogP contribution in [0.25, 0.3) is 0 Å². The molecule has 0 rings (SSSR count). The summed E-state index contributed by atoms with van der Waals surface area (Å²) in [6.45, 7) is 4.16. The lowest BCUT2D eigenvalue weighted by atomic mass is 10.2. The van der Waals surface area contributed by atoms with E-state index >= 15 is 0 Å². The normalized spacial score (nSPS) is 15.6. The zero-order chi connectivity index (χ0) is 9.56. The Morgan fingerprint density at radius 2 is 2.00 bits per heavy atom. The van der Waals surface area contributed by atoms with Gasteiger partial charge in [-0.05, 0) is 13.8 Å². The van der Waals surface area contributed by atoms with Gasteiger partial charge in [0.15, 0.2) is 0 Å². The van der Waals surface area contributed by atoms with E-state index in [1.165, 1.54) is 0 Å². The van der Waals surface area contributed by atoms with Crippen molar-refractivity contribution >= 4 is 5.97 Å². The first kappa shape index (κ1) is 11.4. The van der Waals surface area contributed by atoms with Gasteiger partial charge in [0.1, 0.15) is 0 Å². The number of carbonyl (C=O) groups is 1. The quantitative estimate of drug-likeness (QED) is 0.649. The molecule has 0 aromatic rings. The van der Waals surface area contributed by atoms with Gasteiger partial charge in [-0.2, -0.15) is 0 Å². The first-order chi connectivity index (χ1) is 5.57. The fourth-order valence-electron chi connectivity index (χ4n) is 0.550. The third kappa shape index (κ3) is 5.09. The van der Waals surface area contributed by atoms with E-state index in [0.717, 1.165) is 0 Å². The van der Waals surface area contributed by atoms with Crippen LogP contribution in [-0.4, -0.2) is 37.5 Å². The van der Waals surface area contributed by atoms with Crippen molar-refractivity contribution < 1.29 is 19.4 Å². The van der Waals surface area contributed by atoms with Gasteiger partial charge in [-0.3, -0.25) is 4.79 Å². The maximum Gasteiger partial charge on any atom is 0.308 e. The highest BCUT2D eigenvalue weighted by molar-refractivity contribution is 5.69. The molecule has 0 heterocycles. The van der Waals surface area contributed by atoms with Crippen molar-refractivity contribution in [3.63, 3.8) is 0 Å². The largest absolute Gasteiger partial charge is 0.481 e. The highest BCUT2D eigenvalue weighted by Gasteiger charge is 2.11. The third-order valence-electron chi connectivity index (χ3n) is 1.54. The predicted molar refractivity (Wildman–Crippen MR) is 44.1 cm³/mol. The van der Waals surface area contributed by atoms with Crippen molar-refractivity contribution in [3.05, 3.63) is 0 Å². The Morgan fingerprint density at radius 1 is 1.42 bits per heavy atom. The number of methoxy groups -OCH3 is 1. The van der Waals surface area contributed by atoms with Gasteiger partial charge in [0, 0.05) is 7.11 Å². The van der Waals surface area contributed by atoms with Crippen LogP contribution in [0.15, 0.2) is 0 Å². The molecule has 0 saturated heterocycles. The molecule has 0 aromatic carbocycles. The van der Waals surface area contributed by atoms with Crippen molar-refractivity contribution in [1.29, 1.82) is 0 Å². The molecule has 0 bridgehead atoms. The van der Waals surface area contributed by atoms with Crippen molar-refractivity contribution in [2.75, 3.05) is 20.3 Å². The molecule has 4 heteroatoms. The first-order valence-corrected chi connectivity index (χ1v) is 3.91. The molecule has 0 saturated carbocycles. The number of ether oxygens (including phenoxy) is 2. The molecule has 1 N–H and O–H groups in total. The Balaban J connectivity index is 3.37. The van der Waals surface area contributed by atoms with E-state index in [-0.39, 0.29) is 12.7 Å². The molecule has 12 heavy (non-hydrogen) atoms. The van der Waals surface area contributed by atoms with Crippen LogP contribution in [-0.2, 0) is 14.3 Å². The summed E-state index contributed by atoms with van der Waals surface area (Å²) in [7, 11) is 1.59. The summed E-state index contributed by atoms with van der Waals surface area (Å²) in [6, 6.07) is 0. The van der Waals surface area contributed by atoms with E-state index in [2.05, 4.69) is 0 Å². The smallest absolute Gasteiger partial charge is 0.308 e. The van der Waals surface area contributed by atoms with E-state index < -0.39 is 11.9 Å². The molecule has 0 fully saturated rings. The SMILES string of the molecule is COC(C)COCC(C)C(=O)O. The lowest BCUT2D eigenvalue weighted by Gasteiger charge is -2.11. The highest BCUT2D eigenvalue weighted by atomic mass is 16.5. The number of hydrogen-bond acceptors (Lipinski definition) is 3. The molecule has 0 spiro atoms. The predicted octanol–water partition coefficient (Wildman–Crippen LogP) is 0.759. The summed E-state index contributed by atoms with van der Waals surface area (Å²) < 4.78 is 10.0. The van der Waals surface area contributed by atoms with Gasteiger partial charge >= 0.3 is 5.97 Å². The van der Waals surface area contributed by atoms with Crippen LogP contribution in [0, 0.1) is 5.92 Å². The summed E-state index contributed by atoms with van der Waals surface area (Å²) in [5.41, 5.74) is 0. The average Bonchev–Trinajstić information content (AvgIpc) is 2.03. The second kappa shape index (κ2) is 5.97. The molecule has 2 atom stereocenters. The zero-order valence-electron chi connectivity index (χ0n) is 7.74. The molecule has 0 aromatic heterocycles. The van der Waals surface area contributed by atoms with Gasteiger partial charge in [-0.25, -0.2) is 0 Å². The molecule has 0 aliphatic heterocycles. The third-order valence-corrected chi connectivity index (χ3v) is 1.54. The topological polar surface area (TPSA) is 55.8 Å². The monoisotopic (exact) mass is 176 g/mol. The second-order valence-corrected chi connectivity index (χ2v) is 2.82. The van der Waals surface area contributed by atoms with Gasteiger partial charge in [0.25, 0.3) is 0 Å². The minimum atomic E-state index is -0.833. The van der Waals surface area contributed by atoms with Gasteiger partial charge in [-0.1, -0.05) is 0 Å². The number of hydrogen-bond donors (Lipinski definition) is 1. The van der Waals surface area contributed by atoms with Crippen LogP contribution in [0.3, 0.4) is 0 Å². The summed E-state index contributed by atoms with van der Waals surface area (Å²) >= 11 is 0. The summed E-state index contributed by atoms with van der Waals surface area (Å²) in [5.74, 6) is -1.28. The van der Waals surface area contributed by atoms with Crippen molar-refractivity contribution in [2.24, 2.45) is 5.92 Å². The maximum atomic E-state index is 10.3. The van der Waals surface area contributed by atoms with Crippen LogP contribution in [0.1, 0.15) is 13.8 Å². The van der Waals surface area contributed by atoms with Crippen molar-refractivity contribution in [1.82, 2.24) is 0 Å². The Hall–Kier alpha value is -0.610. The van der Waals surface area contributed by atoms with E-state index in [4.69, 9.17) is 14.6 Å². The minimum Gasteiger partial charge on any atom is -0.481 e. The Kier molecular flexibility index (Phi) is 5.66. The first-order valence-electron chi connectivity index (χ1n) is 3.91. The molecule has 0 aliphatic carbocycles. The summed E-state index contributed by atoms with van der Waals surface area (Å²) in [5, 5.41) is 8.49. The molecular formula is C8H16O4. The number of aliphatic carboxylic acids is 1. The fraction of sp³-hybridized carbons (Fsp3) is 0.875. The van der Waals surface area contributed by atoms with Crippen LogP contribution >= 0.6 is 0 Å². The summed E-state index contributed by atoms with van der Waals surface area (Å²) in [4.78, 5) is 10.3. The fourth-order valence-corrected chi connectivity index (χ4v) is 0.550. The van der Waals surface area contributed by atoms with Crippen molar-refractivity contribution in [3.8, 4) is 0 Å². The number of rotatable bonds is 6. The highest BCUT2D eigenvalue weighted by Crippen LogP contribution is 1.97. The maximum absolute atomic E-state index is 10.3. The van der Waals surface area contributed by atoms with E-state index in [9.17, 15) is 4.79 Å². The molecule has 4 nitrogen and oxygen atoms in total.